The lowest BCUT2D eigenvalue weighted by Gasteiger charge is -2.18. The molecule has 15 nitrogen and oxygen atoms in total. The maximum absolute atomic E-state index is 11.8. The highest BCUT2D eigenvalue weighted by Gasteiger charge is 2.46. The molecule has 1 aliphatic heterocycles. The van der Waals surface area contributed by atoms with Crippen molar-refractivity contribution in [3.05, 3.63) is 21.4 Å². The first-order valence-corrected chi connectivity index (χ1v) is 11.1. The van der Waals surface area contributed by atoms with Gasteiger partial charge in [-0.3, -0.25) is 13.9 Å². The smallest absolute Gasteiger partial charge is 0.387 e. The molecule has 0 saturated carbocycles. The van der Waals surface area contributed by atoms with Crippen LogP contribution in [0.15, 0.2) is 15.9 Å². The van der Waals surface area contributed by atoms with Gasteiger partial charge in [-0.15, -0.1) is 0 Å². The van der Waals surface area contributed by atoms with Gasteiger partial charge >= 0.3 is 15.6 Å². The molecule has 1 aliphatic rings. The molecule has 28 heavy (non-hydrogen) atoms. The van der Waals surface area contributed by atoms with Crippen molar-refractivity contribution in [2.45, 2.75) is 24.5 Å². The van der Waals surface area contributed by atoms with Crippen molar-refractivity contribution in [2.24, 2.45) is 0 Å². The molecule has 2 aromatic rings. The number of aliphatic hydroxyl groups excluding tert-OH is 2. The number of hydrogen-bond acceptors (Lipinski definition) is 10. The molecule has 2 aromatic heterocycles. The molecule has 1 saturated heterocycles. The minimum atomic E-state index is -5.32. The lowest BCUT2D eigenvalue weighted by molar-refractivity contribution is -0.0513. The molecule has 3 heterocycles. The van der Waals surface area contributed by atoms with Gasteiger partial charge in [-0.05, 0) is 15.9 Å². The van der Waals surface area contributed by atoms with Crippen molar-refractivity contribution in [1.82, 2.24) is 19.5 Å². The van der Waals surface area contributed by atoms with Gasteiger partial charge in [0.15, 0.2) is 22.1 Å². The summed E-state index contributed by atoms with van der Waals surface area (Å²) >= 11 is 3.09. The van der Waals surface area contributed by atoms with Crippen molar-refractivity contribution < 1.29 is 47.6 Å². The SMILES string of the molecule is O=c1[nH]cnc2c1nc(Br)n2C1OC(COP(=O)(O)OP(=O)(O)O)C(O)C1O. The van der Waals surface area contributed by atoms with E-state index in [0.717, 1.165) is 6.33 Å². The van der Waals surface area contributed by atoms with E-state index in [-0.39, 0.29) is 15.9 Å². The van der Waals surface area contributed by atoms with Gasteiger partial charge in [-0.2, -0.15) is 4.31 Å². The van der Waals surface area contributed by atoms with E-state index in [1.807, 2.05) is 0 Å². The third-order valence-electron chi connectivity index (χ3n) is 3.64. The first-order valence-electron chi connectivity index (χ1n) is 7.26. The van der Waals surface area contributed by atoms with E-state index in [2.05, 4.69) is 39.7 Å². The molecule has 0 aromatic carbocycles. The molecular formula is C10H13BrN4O11P2. The number of H-pyrrole nitrogens is 1. The molecule has 0 bridgehead atoms. The molecule has 5 atom stereocenters. The van der Waals surface area contributed by atoms with E-state index in [1.165, 1.54) is 4.57 Å². The Morgan fingerprint density at radius 3 is 2.61 bits per heavy atom. The minimum Gasteiger partial charge on any atom is -0.387 e. The van der Waals surface area contributed by atoms with Crippen molar-refractivity contribution in [1.29, 1.82) is 0 Å². The Labute approximate surface area is 162 Å². The van der Waals surface area contributed by atoms with Gasteiger partial charge in [0.05, 0.1) is 12.9 Å². The maximum Gasteiger partial charge on any atom is 0.481 e. The quantitative estimate of drug-likeness (QED) is 0.198. The van der Waals surface area contributed by atoms with E-state index in [0.29, 0.717) is 0 Å². The molecule has 3 rings (SSSR count). The van der Waals surface area contributed by atoms with Gasteiger partial charge in [-0.25, -0.2) is 19.1 Å². The van der Waals surface area contributed by atoms with E-state index in [1.54, 1.807) is 0 Å². The third-order valence-corrected chi connectivity index (χ3v) is 6.35. The summed E-state index contributed by atoms with van der Waals surface area (Å²) in [5, 5.41) is 20.4. The molecule has 6 N–H and O–H groups in total. The van der Waals surface area contributed by atoms with E-state index in [4.69, 9.17) is 14.5 Å². The average molecular weight is 507 g/mol. The van der Waals surface area contributed by atoms with Crippen LogP contribution in [0.3, 0.4) is 0 Å². The Balaban J connectivity index is 1.81. The number of nitrogens with zero attached hydrogens (tertiary/aromatic N) is 3. The van der Waals surface area contributed by atoms with Gasteiger partial charge in [0.1, 0.15) is 18.3 Å². The fraction of sp³-hybridized carbons (Fsp3) is 0.500. The number of nitrogens with one attached hydrogen (secondary N) is 1. The molecule has 18 heteroatoms. The van der Waals surface area contributed by atoms with Crippen LogP contribution in [-0.2, 0) is 22.7 Å². The van der Waals surface area contributed by atoms with Crippen molar-refractivity contribution in [3.8, 4) is 0 Å². The molecule has 5 unspecified atom stereocenters. The second kappa shape index (κ2) is 7.66. The Bertz CT molecular complexity index is 1040. The van der Waals surface area contributed by atoms with Crippen LogP contribution in [0.2, 0.25) is 0 Å². The second-order valence-corrected chi connectivity index (χ2v) is 9.08. The monoisotopic (exact) mass is 506 g/mol. The number of hydrogen-bond donors (Lipinski definition) is 6. The standard InChI is InChI=1S/C10H13BrN4O11P2/c11-10-14-4-7(12-2-13-8(4)18)15(10)9-6(17)5(16)3(25-9)1-24-28(22,23)26-27(19,20)21/h2-3,5-6,9,16-17H,1H2,(H,22,23)(H,12,13,18)(H2,19,20,21). The zero-order chi connectivity index (χ0) is 20.9. The fourth-order valence-electron chi connectivity index (χ4n) is 2.52. The summed E-state index contributed by atoms with van der Waals surface area (Å²) in [7, 11) is -10.5. The normalized spacial score (nSPS) is 27.9. The lowest BCUT2D eigenvalue weighted by atomic mass is 10.1. The zero-order valence-electron chi connectivity index (χ0n) is 13.4. The molecular weight excluding hydrogens is 494 g/mol. The zero-order valence-corrected chi connectivity index (χ0v) is 16.8. The molecule has 0 aliphatic carbocycles. The Kier molecular flexibility index (Phi) is 5.93. The van der Waals surface area contributed by atoms with Crippen LogP contribution in [0.25, 0.3) is 11.2 Å². The summed E-state index contributed by atoms with van der Waals surface area (Å²) in [6, 6.07) is 0. The number of rotatable bonds is 6. The van der Waals surface area contributed by atoms with E-state index >= 15 is 0 Å². The fourth-order valence-corrected chi connectivity index (χ4v) is 4.67. The van der Waals surface area contributed by atoms with Crippen LogP contribution in [0, 0.1) is 0 Å². The number of phosphoric ester groups is 1. The number of phosphoric acid groups is 2. The van der Waals surface area contributed by atoms with Crippen LogP contribution < -0.4 is 5.56 Å². The predicted octanol–water partition coefficient (Wildman–Crippen LogP) is -1.27. The van der Waals surface area contributed by atoms with Crippen LogP contribution >= 0.6 is 31.6 Å². The minimum absolute atomic E-state index is 0.0195. The molecule has 0 amide bonds. The van der Waals surface area contributed by atoms with Crippen molar-refractivity contribution in [3.63, 3.8) is 0 Å². The summed E-state index contributed by atoms with van der Waals surface area (Å²) in [6.07, 6.45) is -4.85. The Hall–Kier alpha value is -1.03. The first-order chi connectivity index (χ1) is 12.9. The summed E-state index contributed by atoms with van der Waals surface area (Å²) in [5.41, 5.74) is -0.617. The molecule has 156 valence electrons. The number of imidazole rings is 1. The number of aromatic amines is 1. The topological polar surface area (TPSA) is 227 Å². The third kappa shape index (κ3) is 4.42. The highest BCUT2D eigenvalue weighted by atomic mass is 79.9. The predicted molar refractivity (Wildman–Crippen MR) is 90.7 cm³/mol. The largest absolute Gasteiger partial charge is 0.481 e. The summed E-state index contributed by atoms with van der Waals surface area (Å²) in [6.45, 7) is -0.860. The van der Waals surface area contributed by atoms with Crippen molar-refractivity contribution in [2.75, 3.05) is 6.61 Å². The van der Waals surface area contributed by atoms with Gasteiger partial charge in [0.25, 0.3) is 5.56 Å². The number of aromatic nitrogens is 4. The summed E-state index contributed by atoms with van der Waals surface area (Å²) < 4.78 is 36.8. The van der Waals surface area contributed by atoms with Crippen LogP contribution in [0.1, 0.15) is 6.23 Å². The van der Waals surface area contributed by atoms with E-state index < -0.39 is 52.4 Å². The van der Waals surface area contributed by atoms with Crippen LogP contribution in [0.4, 0.5) is 0 Å². The molecule has 1 fully saturated rings. The first kappa shape index (κ1) is 21.7. The molecule has 0 radical (unpaired) electrons. The van der Waals surface area contributed by atoms with E-state index in [9.17, 15) is 29.0 Å². The summed E-state index contributed by atoms with van der Waals surface area (Å²) in [5.74, 6) is 0. The molecule has 0 spiro atoms. The number of halogens is 1. The van der Waals surface area contributed by atoms with Gasteiger partial charge < -0.3 is 34.6 Å². The van der Waals surface area contributed by atoms with Crippen molar-refractivity contribution >= 4 is 42.7 Å². The Morgan fingerprint density at radius 2 is 1.96 bits per heavy atom. The highest BCUT2D eigenvalue weighted by molar-refractivity contribution is 9.10. The Morgan fingerprint density at radius 1 is 1.29 bits per heavy atom. The second-order valence-electron chi connectivity index (χ2n) is 5.54. The van der Waals surface area contributed by atoms with Crippen LogP contribution in [-0.4, -0.2) is 69.3 Å². The lowest BCUT2D eigenvalue weighted by Crippen LogP contribution is -2.33. The average Bonchev–Trinajstić information content (AvgIpc) is 3.02. The summed E-state index contributed by atoms with van der Waals surface area (Å²) in [4.78, 5) is 48.4. The number of ether oxygens (including phenoxy) is 1. The van der Waals surface area contributed by atoms with Gasteiger partial charge in [0, 0.05) is 0 Å². The maximum atomic E-state index is 11.8. The number of fused-ring (bicyclic) bond motifs is 1. The number of aliphatic hydroxyl groups is 2. The van der Waals surface area contributed by atoms with Crippen LogP contribution in [0.5, 0.6) is 0 Å². The van der Waals surface area contributed by atoms with Gasteiger partial charge in [0.2, 0.25) is 0 Å². The van der Waals surface area contributed by atoms with Gasteiger partial charge in [-0.1, -0.05) is 0 Å². The highest BCUT2D eigenvalue weighted by Crippen LogP contribution is 2.57.